The van der Waals surface area contributed by atoms with Crippen LogP contribution in [0, 0.1) is 5.82 Å². The summed E-state index contributed by atoms with van der Waals surface area (Å²) in [4.78, 5) is 26.5. The molecule has 1 heterocycles. The third-order valence-corrected chi connectivity index (χ3v) is 5.73. The molecule has 34 heavy (non-hydrogen) atoms. The number of aliphatic hydroxyl groups excluding tert-OH is 1. The summed E-state index contributed by atoms with van der Waals surface area (Å²) in [5, 5.41) is 10.5. The molecule has 1 aliphatic heterocycles. The average Bonchev–Trinajstić information content (AvgIpc) is 3.05. The summed E-state index contributed by atoms with van der Waals surface area (Å²) in [7, 11) is 0. The summed E-state index contributed by atoms with van der Waals surface area (Å²) in [6, 6.07) is 14.7. The number of nitrogens with zero attached hydrogens (tertiary/aromatic N) is 1. The Balaban J connectivity index is 1.80. The molecule has 0 saturated carbocycles. The van der Waals surface area contributed by atoms with Gasteiger partial charge < -0.3 is 14.7 Å². The molecule has 0 amide bonds. The van der Waals surface area contributed by atoms with Crippen molar-refractivity contribution in [3.63, 3.8) is 0 Å². The van der Waals surface area contributed by atoms with Crippen LogP contribution in [-0.2, 0) is 14.3 Å². The van der Waals surface area contributed by atoms with Gasteiger partial charge >= 0.3 is 5.97 Å². The monoisotopic (exact) mass is 467 g/mol. The molecule has 182 valence electrons. The number of fused-ring (bicyclic) bond motifs is 1. The highest BCUT2D eigenvalue weighted by Gasteiger charge is 2.39. The molecule has 0 aliphatic carbocycles. The summed E-state index contributed by atoms with van der Waals surface area (Å²) >= 11 is 0. The minimum absolute atomic E-state index is 0.0554. The quantitative estimate of drug-likeness (QED) is 0.330. The number of carbonyl (C=O) groups excluding carboxylic acids is 2. The van der Waals surface area contributed by atoms with E-state index in [2.05, 4.69) is 30.9 Å². The third kappa shape index (κ3) is 6.32. The van der Waals surface area contributed by atoms with Crippen LogP contribution in [0.5, 0.6) is 0 Å². The first-order valence-corrected chi connectivity index (χ1v) is 11.7. The fraction of sp³-hybridized carbons (Fsp3) is 0.429. The molecular weight excluding hydrogens is 433 g/mol. The molecule has 1 aliphatic rings. The van der Waals surface area contributed by atoms with Gasteiger partial charge in [0.1, 0.15) is 23.6 Å². The van der Waals surface area contributed by atoms with Gasteiger partial charge in [0.15, 0.2) is 0 Å². The smallest absolute Gasteiger partial charge is 0.313 e. The zero-order valence-corrected chi connectivity index (χ0v) is 20.5. The van der Waals surface area contributed by atoms with Crippen LogP contribution in [0.15, 0.2) is 60.7 Å². The molecule has 0 radical (unpaired) electrons. The summed E-state index contributed by atoms with van der Waals surface area (Å²) in [5.41, 5.74) is 2.54. The van der Waals surface area contributed by atoms with Crippen LogP contribution in [0.3, 0.4) is 0 Å². The number of hydrogen-bond donors (Lipinski definition) is 1. The maximum absolute atomic E-state index is 13.6. The second-order valence-corrected chi connectivity index (χ2v) is 10.0. The summed E-state index contributed by atoms with van der Waals surface area (Å²) in [6.45, 7) is 9.43. The second-order valence-electron chi connectivity index (χ2n) is 10.0. The van der Waals surface area contributed by atoms with Gasteiger partial charge in [-0.1, -0.05) is 42.5 Å². The number of carbonyl (C=O) groups is 2. The standard InChI is InChI=1S/C28H34FNO4/c1-18(2)30-24-9-7-6-8-23(24)27(19-10-12-20(29)13-11-19)25(30)15-14-21(31)16-22(32)17-26(33)34-28(3,4)5/h6-15,18,21,25,27,31H,16-17H2,1-5H3/b15-14-/t21-,25+,27-/m0/s1. The van der Waals surface area contributed by atoms with Crippen molar-refractivity contribution in [2.75, 3.05) is 4.90 Å². The molecule has 0 bridgehead atoms. The van der Waals surface area contributed by atoms with Crippen LogP contribution in [-0.4, -0.2) is 40.6 Å². The van der Waals surface area contributed by atoms with Crippen molar-refractivity contribution in [2.24, 2.45) is 0 Å². The Labute approximate surface area is 201 Å². The van der Waals surface area contributed by atoms with E-state index in [-0.39, 0.29) is 42.4 Å². The van der Waals surface area contributed by atoms with Gasteiger partial charge in [-0.15, -0.1) is 0 Å². The molecule has 3 atom stereocenters. The van der Waals surface area contributed by atoms with Gasteiger partial charge in [0, 0.05) is 24.1 Å². The van der Waals surface area contributed by atoms with Crippen molar-refractivity contribution in [3.8, 4) is 0 Å². The van der Waals surface area contributed by atoms with Gasteiger partial charge in [0.25, 0.3) is 0 Å². The molecule has 0 fully saturated rings. The van der Waals surface area contributed by atoms with E-state index >= 15 is 0 Å². The number of halogens is 1. The Kier molecular flexibility index (Phi) is 7.93. The number of hydrogen-bond acceptors (Lipinski definition) is 5. The molecule has 3 rings (SSSR count). The van der Waals surface area contributed by atoms with E-state index in [1.165, 1.54) is 12.1 Å². The lowest BCUT2D eigenvalue weighted by Gasteiger charge is -2.32. The highest BCUT2D eigenvalue weighted by Crippen LogP contribution is 2.46. The number of aliphatic hydroxyl groups is 1. The number of anilines is 1. The normalized spacial score (nSPS) is 18.9. The van der Waals surface area contributed by atoms with Gasteiger partial charge in [0.05, 0.1) is 12.1 Å². The van der Waals surface area contributed by atoms with E-state index in [0.29, 0.717) is 0 Å². The van der Waals surface area contributed by atoms with E-state index in [1.54, 1.807) is 39.0 Å². The molecule has 2 aromatic carbocycles. The lowest BCUT2D eigenvalue weighted by Crippen LogP contribution is -2.38. The molecule has 0 saturated heterocycles. The zero-order valence-electron chi connectivity index (χ0n) is 20.5. The Hall–Kier alpha value is -2.99. The van der Waals surface area contributed by atoms with E-state index in [9.17, 15) is 19.1 Å². The molecule has 0 spiro atoms. The van der Waals surface area contributed by atoms with Crippen LogP contribution >= 0.6 is 0 Å². The molecule has 0 aromatic heterocycles. The molecule has 2 aromatic rings. The predicted molar refractivity (Wildman–Crippen MR) is 131 cm³/mol. The predicted octanol–water partition coefficient (Wildman–Crippen LogP) is 5.16. The maximum atomic E-state index is 13.6. The first-order chi connectivity index (χ1) is 16.0. The van der Waals surface area contributed by atoms with Crippen molar-refractivity contribution in [1.29, 1.82) is 0 Å². The van der Waals surface area contributed by atoms with Crippen molar-refractivity contribution in [2.45, 2.75) is 77.2 Å². The maximum Gasteiger partial charge on any atom is 0.313 e. The van der Waals surface area contributed by atoms with Crippen LogP contribution < -0.4 is 4.90 Å². The van der Waals surface area contributed by atoms with E-state index < -0.39 is 17.7 Å². The summed E-state index contributed by atoms with van der Waals surface area (Å²) < 4.78 is 18.8. The minimum Gasteiger partial charge on any atom is -0.460 e. The Morgan fingerprint density at radius 1 is 1.12 bits per heavy atom. The SMILES string of the molecule is CC(C)N1c2ccccc2[C@H](c2ccc(F)cc2)[C@H]1/C=C\[C@H](O)CC(=O)CC(=O)OC(C)(C)C. The fourth-order valence-electron chi connectivity index (χ4n) is 4.52. The van der Waals surface area contributed by atoms with Gasteiger partial charge in [-0.3, -0.25) is 9.59 Å². The second kappa shape index (κ2) is 10.5. The van der Waals surface area contributed by atoms with Gasteiger partial charge in [-0.05, 0) is 63.9 Å². The largest absolute Gasteiger partial charge is 0.460 e. The number of rotatable bonds is 8. The lowest BCUT2D eigenvalue weighted by molar-refractivity contribution is -0.156. The van der Waals surface area contributed by atoms with Crippen LogP contribution in [0.2, 0.25) is 0 Å². The fourth-order valence-corrected chi connectivity index (χ4v) is 4.52. The Morgan fingerprint density at radius 3 is 2.38 bits per heavy atom. The van der Waals surface area contributed by atoms with Crippen molar-refractivity contribution in [1.82, 2.24) is 0 Å². The van der Waals surface area contributed by atoms with Crippen molar-refractivity contribution >= 4 is 17.4 Å². The zero-order chi connectivity index (χ0) is 25.0. The third-order valence-electron chi connectivity index (χ3n) is 5.73. The molecule has 6 heteroatoms. The lowest BCUT2D eigenvalue weighted by atomic mass is 9.87. The van der Waals surface area contributed by atoms with E-state index in [1.807, 2.05) is 18.2 Å². The first-order valence-electron chi connectivity index (χ1n) is 11.7. The minimum atomic E-state index is -1.03. The van der Waals surface area contributed by atoms with Gasteiger partial charge in [0.2, 0.25) is 0 Å². The van der Waals surface area contributed by atoms with Gasteiger partial charge in [-0.2, -0.15) is 0 Å². The number of ketones is 1. The Morgan fingerprint density at radius 2 is 1.76 bits per heavy atom. The molecule has 1 N–H and O–H groups in total. The number of para-hydroxylation sites is 1. The molecule has 0 unspecified atom stereocenters. The van der Waals surface area contributed by atoms with E-state index in [4.69, 9.17) is 4.74 Å². The van der Waals surface area contributed by atoms with Gasteiger partial charge in [-0.25, -0.2) is 4.39 Å². The van der Waals surface area contributed by atoms with E-state index in [0.717, 1.165) is 16.8 Å². The van der Waals surface area contributed by atoms with Crippen molar-refractivity contribution < 1.29 is 23.8 Å². The van der Waals surface area contributed by atoms with Crippen molar-refractivity contribution in [3.05, 3.63) is 77.6 Å². The summed E-state index contributed by atoms with van der Waals surface area (Å²) in [5.74, 6) is -1.32. The number of Topliss-reactive ketones (excluding diaryl/α,β-unsaturated/α-hetero) is 1. The number of ether oxygens (including phenoxy) is 1. The average molecular weight is 468 g/mol. The molecular formula is C28H34FNO4. The Bertz CT molecular complexity index is 1040. The molecule has 5 nitrogen and oxygen atoms in total. The highest BCUT2D eigenvalue weighted by molar-refractivity contribution is 5.95. The topological polar surface area (TPSA) is 66.8 Å². The first kappa shape index (κ1) is 25.6. The number of benzene rings is 2. The number of esters is 1. The highest BCUT2D eigenvalue weighted by atomic mass is 19.1. The van der Waals surface area contributed by atoms with Crippen LogP contribution in [0.4, 0.5) is 10.1 Å². The van der Waals surface area contributed by atoms with Crippen LogP contribution in [0.1, 0.15) is 64.5 Å². The van der Waals surface area contributed by atoms with Crippen LogP contribution in [0.25, 0.3) is 0 Å². The summed E-state index contributed by atoms with van der Waals surface area (Å²) in [6.07, 6.45) is 1.97.